The molecule has 0 unspecified atom stereocenters. The van der Waals surface area contributed by atoms with Crippen LogP contribution in [0.4, 0.5) is 4.79 Å². The van der Waals surface area contributed by atoms with Crippen LogP contribution in [0.25, 0.3) is 0 Å². The maximum absolute atomic E-state index is 12.8. The second kappa shape index (κ2) is 8.86. The number of carbonyl (C=O) groups excluding carboxylic acids is 3. The average molecular weight is 412 g/mol. The molecule has 0 aromatic heterocycles. The van der Waals surface area contributed by atoms with Crippen molar-refractivity contribution in [3.05, 3.63) is 59.7 Å². The Morgan fingerprint density at radius 2 is 1.63 bits per heavy atom. The van der Waals surface area contributed by atoms with Crippen LogP contribution in [0.1, 0.15) is 18.1 Å². The Kier molecular flexibility index (Phi) is 6.25. The highest BCUT2D eigenvalue weighted by Gasteiger charge is 2.49. The molecule has 3 rings (SSSR count). The molecule has 1 heterocycles. The molecule has 1 atom stereocenters. The van der Waals surface area contributed by atoms with Crippen LogP contribution < -0.4 is 14.8 Å². The number of nitrogens with zero attached hydrogens (tertiary/aromatic N) is 1. The predicted molar refractivity (Wildman–Crippen MR) is 108 cm³/mol. The molecule has 8 nitrogen and oxygen atoms in total. The van der Waals surface area contributed by atoms with Gasteiger partial charge in [0, 0.05) is 0 Å². The van der Waals surface area contributed by atoms with Gasteiger partial charge >= 0.3 is 12.0 Å². The molecule has 3 amide bonds. The van der Waals surface area contributed by atoms with E-state index in [-0.39, 0.29) is 13.2 Å². The molecule has 1 aliphatic rings. The number of carbonyl (C=O) groups is 3. The fourth-order valence-corrected chi connectivity index (χ4v) is 3.08. The Hall–Kier alpha value is -3.55. The summed E-state index contributed by atoms with van der Waals surface area (Å²) >= 11 is 0. The van der Waals surface area contributed by atoms with E-state index in [1.54, 1.807) is 50.4 Å². The molecule has 1 N–H and O–H groups in total. The van der Waals surface area contributed by atoms with Gasteiger partial charge in [0.15, 0.2) is 0 Å². The van der Waals surface area contributed by atoms with Crippen molar-refractivity contribution in [2.45, 2.75) is 19.4 Å². The van der Waals surface area contributed by atoms with E-state index in [4.69, 9.17) is 14.2 Å². The highest BCUT2D eigenvalue weighted by atomic mass is 16.6. The number of imide groups is 1. The largest absolute Gasteiger partial charge is 0.497 e. The number of esters is 1. The zero-order valence-electron chi connectivity index (χ0n) is 17.1. The van der Waals surface area contributed by atoms with E-state index >= 15 is 0 Å². The summed E-state index contributed by atoms with van der Waals surface area (Å²) in [6.07, 6.45) is 0. The summed E-state index contributed by atoms with van der Waals surface area (Å²) in [5.74, 6) is 0.127. The molecule has 158 valence electrons. The first-order chi connectivity index (χ1) is 14.3. The third-order valence-electron chi connectivity index (χ3n) is 4.87. The minimum atomic E-state index is -1.22. The topological polar surface area (TPSA) is 94.2 Å². The van der Waals surface area contributed by atoms with Gasteiger partial charge in [-0.2, -0.15) is 0 Å². The monoisotopic (exact) mass is 412 g/mol. The van der Waals surface area contributed by atoms with E-state index in [2.05, 4.69) is 5.32 Å². The molecule has 0 aliphatic carbocycles. The number of amides is 3. The predicted octanol–water partition coefficient (Wildman–Crippen LogP) is 2.39. The average Bonchev–Trinajstić information content (AvgIpc) is 2.96. The number of rotatable bonds is 8. The highest BCUT2D eigenvalue weighted by Crippen LogP contribution is 2.28. The van der Waals surface area contributed by atoms with Crippen molar-refractivity contribution in [3.8, 4) is 11.5 Å². The number of methoxy groups -OCH3 is 1. The minimum absolute atomic E-state index is 0.0102. The van der Waals surface area contributed by atoms with Crippen LogP contribution in [-0.4, -0.2) is 49.7 Å². The van der Waals surface area contributed by atoms with Gasteiger partial charge in [0.25, 0.3) is 5.91 Å². The Bertz CT molecular complexity index is 926. The van der Waals surface area contributed by atoms with Gasteiger partial charge in [0.05, 0.1) is 7.11 Å². The first kappa shape index (κ1) is 21.2. The lowest BCUT2D eigenvalue weighted by molar-refractivity contribution is -0.148. The molecular weight excluding hydrogens is 388 g/mol. The van der Waals surface area contributed by atoms with Crippen LogP contribution in [-0.2, 0) is 19.9 Å². The van der Waals surface area contributed by atoms with Crippen LogP contribution >= 0.6 is 0 Å². The molecule has 8 heteroatoms. The quantitative estimate of drug-likeness (QED) is 0.407. The van der Waals surface area contributed by atoms with Crippen LogP contribution in [0.3, 0.4) is 0 Å². The lowest BCUT2D eigenvalue weighted by Gasteiger charge is -2.22. The summed E-state index contributed by atoms with van der Waals surface area (Å²) in [5, 5.41) is 2.66. The summed E-state index contributed by atoms with van der Waals surface area (Å²) in [4.78, 5) is 38.1. The Morgan fingerprint density at radius 3 is 2.27 bits per heavy atom. The van der Waals surface area contributed by atoms with Gasteiger partial charge in [-0.05, 0) is 43.7 Å². The molecule has 1 aliphatic heterocycles. The lowest BCUT2D eigenvalue weighted by Crippen LogP contribution is -2.41. The second-order valence-electron chi connectivity index (χ2n) is 7.06. The number of ether oxygens (including phenoxy) is 3. The molecule has 30 heavy (non-hydrogen) atoms. The summed E-state index contributed by atoms with van der Waals surface area (Å²) in [6, 6.07) is 13.6. The van der Waals surface area contributed by atoms with Crippen molar-refractivity contribution in [2.24, 2.45) is 0 Å². The maximum Gasteiger partial charge on any atom is 0.326 e. The first-order valence-electron chi connectivity index (χ1n) is 9.47. The number of nitrogens with one attached hydrogen (secondary N) is 1. The Morgan fingerprint density at radius 1 is 1.00 bits per heavy atom. The van der Waals surface area contributed by atoms with Crippen molar-refractivity contribution in [1.29, 1.82) is 0 Å². The number of benzene rings is 2. The molecular formula is C22H24N2O6. The Labute approximate surface area is 174 Å². The van der Waals surface area contributed by atoms with Crippen LogP contribution in [0, 0.1) is 6.92 Å². The first-order valence-corrected chi connectivity index (χ1v) is 9.47. The van der Waals surface area contributed by atoms with Gasteiger partial charge in [-0.1, -0.05) is 29.8 Å². The fourth-order valence-electron chi connectivity index (χ4n) is 3.08. The van der Waals surface area contributed by atoms with Crippen LogP contribution in [0.5, 0.6) is 11.5 Å². The van der Waals surface area contributed by atoms with E-state index in [0.717, 1.165) is 10.5 Å². The van der Waals surface area contributed by atoms with Crippen molar-refractivity contribution in [3.63, 3.8) is 0 Å². The van der Waals surface area contributed by atoms with Gasteiger partial charge in [-0.3, -0.25) is 14.5 Å². The number of aryl methyl sites for hydroxylation is 1. The summed E-state index contributed by atoms with van der Waals surface area (Å²) in [5.41, 5.74) is 0.467. The number of hydrogen-bond acceptors (Lipinski definition) is 6. The standard InChI is InChI=1S/C22H24N2O6/c1-15-4-6-16(7-5-15)22(2)20(26)24(21(27)23-22)14-19(25)30-13-12-29-18-10-8-17(28-3)9-11-18/h4-11H,12-14H2,1-3H3,(H,23,27)/t22-/m1/s1. The molecule has 0 saturated carbocycles. The summed E-state index contributed by atoms with van der Waals surface area (Å²) in [7, 11) is 1.57. The van der Waals surface area contributed by atoms with Crippen LogP contribution in [0.15, 0.2) is 48.5 Å². The van der Waals surface area contributed by atoms with E-state index in [1.807, 2.05) is 19.1 Å². The molecule has 0 radical (unpaired) electrons. The SMILES string of the molecule is COc1ccc(OCCOC(=O)CN2C(=O)N[C@](C)(c3ccc(C)cc3)C2=O)cc1. The fraction of sp³-hybridized carbons (Fsp3) is 0.318. The van der Waals surface area contributed by atoms with Crippen molar-refractivity contribution in [1.82, 2.24) is 10.2 Å². The molecule has 1 fully saturated rings. The lowest BCUT2D eigenvalue weighted by atomic mass is 9.91. The minimum Gasteiger partial charge on any atom is -0.497 e. The van der Waals surface area contributed by atoms with Gasteiger partial charge in [-0.15, -0.1) is 0 Å². The second-order valence-corrected chi connectivity index (χ2v) is 7.06. The zero-order valence-corrected chi connectivity index (χ0v) is 17.1. The van der Waals surface area contributed by atoms with Crippen LogP contribution in [0.2, 0.25) is 0 Å². The number of urea groups is 1. The molecule has 2 aromatic rings. The van der Waals surface area contributed by atoms with Gasteiger partial charge in [0.2, 0.25) is 0 Å². The number of hydrogen-bond donors (Lipinski definition) is 1. The van der Waals surface area contributed by atoms with Crippen molar-refractivity contribution in [2.75, 3.05) is 26.9 Å². The molecule has 0 bridgehead atoms. The highest BCUT2D eigenvalue weighted by molar-refractivity contribution is 6.08. The van der Waals surface area contributed by atoms with E-state index < -0.39 is 30.0 Å². The van der Waals surface area contributed by atoms with Crippen molar-refractivity contribution < 1.29 is 28.6 Å². The van der Waals surface area contributed by atoms with E-state index in [1.165, 1.54) is 0 Å². The van der Waals surface area contributed by atoms with E-state index in [9.17, 15) is 14.4 Å². The van der Waals surface area contributed by atoms with E-state index in [0.29, 0.717) is 17.1 Å². The molecule has 1 saturated heterocycles. The summed E-state index contributed by atoms with van der Waals surface area (Å²) < 4.78 is 15.6. The van der Waals surface area contributed by atoms with Gasteiger partial charge in [-0.25, -0.2) is 4.79 Å². The van der Waals surface area contributed by atoms with Gasteiger partial charge < -0.3 is 19.5 Å². The normalized spacial score (nSPS) is 18.2. The zero-order chi connectivity index (χ0) is 21.7. The third-order valence-corrected chi connectivity index (χ3v) is 4.87. The Balaban J connectivity index is 1.50. The third kappa shape index (κ3) is 4.53. The molecule has 0 spiro atoms. The maximum atomic E-state index is 12.8. The van der Waals surface area contributed by atoms with Gasteiger partial charge in [0.1, 0.15) is 36.8 Å². The van der Waals surface area contributed by atoms with Crippen molar-refractivity contribution >= 4 is 17.9 Å². The molecule has 2 aromatic carbocycles. The smallest absolute Gasteiger partial charge is 0.326 e. The summed E-state index contributed by atoms with van der Waals surface area (Å²) in [6.45, 7) is 3.21.